The SMILES string of the molecule is CC(C)C[C@@H]1NC(=O)[C@@H](Cc2ccccc2)NC(=O)[C@H]2CCCN2C(=O)[C@H](CO)NC(=O)[C@@H]2CCCN2C(=O)[C@@H](CC(C)C)NC(=O)[C@H]([C@H](C)O)NC(=O)CNC1=O. The van der Waals surface area contributed by atoms with Gasteiger partial charge >= 0.3 is 0 Å². The van der Waals surface area contributed by atoms with E-state index >= 15 is 0 Å². The van der Waals surface area contributed by atoms with Gasteiger partial charge in [0, 0.05) is 19.5 Å². The Morgan fingerprint density at radius 1 is 0.621 bits per heavy atom. The maximum atomic E-state index is 14.0. The van der Waals surface area contributed by atoms with E-state index in [9.17, 15) is 48.6 Å². The number of benzene rings is 1. The molecule has 18 heteroatoms. The molecule has 0 unspecified atom stereocenters. The fraction of sp³-hybridized carbons (Fsp3) is 0.650. The van der Waals surface area contributed by atoms with Gasteiger partial charge < -0.3 is 51.9 Å². The van der Waals surface area contributed by atoms with Crippen molar-refractivity contribution in [2.24, 2.45) is 11.8 Å². The lowest BCUT2D eigenvalue weighted by atomic mass is 10.0. The van der Waals surface area contributed by atoms with Gasteiger partial charge in [-0.05, 0) is 62.8 Å². The summed E-state index contributed by atoms with van der Waals surface area (Å²) in [5.41, 5.74) is 0.701. The molecule has 0 aliphatic carbocycles. The van der Waals surface area contributed by atoms with Crippen molar-refractivity contribution in [1.82, 2.24) is 41.7 Å². The predicted molar refractivity (Wildman–Crippen MR) is 210 cm³/mol. The van der Waals surface area contributed by atoms with Crippen LogP contribution in [0, 0.1) is 11.8 Å². The van der Waals surface area contributed by atoms with Gasteiger partial charge in [0.2, 0.25) is 47.3 Å². The van der Waals surface area contributed by atoms with Crippen LogP contribution in [0.15, 0.2) is 30.3 Å². The zero-order chi connectivity index (χ0) is 42.7. The van der Waals surface area contributed by atoms with Gasteiger partial charge in [-0.25, -0.2) is 0 Å². The third kappa shape index (κ3) is 12.2. The molecule has 8 atom stereocenters. The highest BCUT2D eigenvalue weighted by Crippen LogP contribution is 2.23. The Balaban J connectivity index is 1.70. The molecule has 3 fully saturated rings. The number of rotatable bonds is 8. The minimum Gasteiger partial charge on any atom is -0.394 e. The van der Waals surface area contributed by atoms with Crippen molar-refractivity contribution < 1.29 is 48.6 Å². The van der Waals surface area contributed by atoms with Gasteiger partial charge in [-0.15, -0.1) is 0 Å². The second-order valence-corrected chi connectivity index (χ2v) is 16.3. The zero-order valence-corrected chi connectivity index (χ0v) is 34.0. The van der Waals surface area contributed by atoms with Crippen LogP contribution in [-0.4, -0.2) is 142 Å². The Morgan fingerprint density at radius 3 is 1.66 bits per heavy atom. The van der Waals surface area contributed by atoms with Crippen LogP contribution in [0.4, 0.5) is 0 Å². The first-order chi connectivity index (χ1) is 27.5. The summed E-state index contributed by atoms with van der Waals surface area (Å²) in [7, 11) is 0. The molecule has 1 aromatic rings. The molecule has 18 nitrogen and oxygen atoms in total. The standard InChI is InChI=1S/C40H60N8O10/c1-22(2)17-26-34(52)41-20-32(51)46-33(24(5)50)38(56)44-28(18-23(3)4)39(57)47-15-9-14-31(47)37(55)45-29(21-49)40(58)48-16-10-13-30(48)36(54)43-27(35(53)42-26)19-25-11-7-6-8-12-25/h6-8,11-12,22-24,26-31,33,49-50H,9-10,13-21H2,1-5H3,(H,41,52)(H,42,53)(H,43,54)(H,44,56)(H,45,55)(H,46,51)/t24-,26-,27+,28+,29-,30+,31-,33-/m0/s1. The number of carbonyl (C=O) groups is 8. The van der Waals surface area contributed by atoms with Gasteiger partial charge in [0.25, 0.3) is 0 Å². The van der Waals surface area contributed by atoms with E-state index in [-0.39, 0.29) is 57.0 Å². The molecule has 0 bridgehead atoms. The Kier molecular flexibility index (Phi) is 16.6. The summed E-state index contributed by atoms with van der Waals surface area (Å²) in [5, 5.41) is 36.5. The lowest BCUT2D eigenvalue weighted by molar-refractivity contribution is -0.145. The highest BCUT2D eigenvalue weighted by atomic mass is 16.3. The van der Waals surface area contributed by atoms with E-state index in [1.165, 1.54) is 16.7 Å². The van der Waals surface area contributed by atoms with Gasteiger partial charge in [-0.1, -0.05) is 58.0 Å². The second kappa shape index (κ2) is 21.1. The van der Waals surface area contributed by atoms with E-state index in [1.807, 2.05) is 27.7 Å². The molecule has 0 radical (unpaired) electrons. The number of nitrogens with one attached hydrogen (secondary N) is 6. The maximum absolute atomic E-state index is 14.0. The van der Waals surface area contributed by atoms with Gasteiger partial charge in [0.1, 0.15) is 42.3 Å². The molecule has 1 aromatic carbocycles. The molecule has 3 saturated heterocycles. The van der Waals surface area contributed by atoms with E-state index < -0.39 is 109 Å². The number of hydrogen-bond donors (Lipinski definition) is 8. The predicted octanol–water partition coefficient (Wildman–Crippen LogP) is -1.77. The van der Waals surface area contributed by atoms with Crippen molar-refractivity contribution in [3.63, 3.8) is 0 Å². The van der Waals surface area contributed by atoms with Crippen LogP contribution < -0.4 is 31.9 Å². The molecule has 3 heterocycles. The topological polar surface area (TPSA) is 256 Å². The van der Waals surface area contributed by atoms with Crippen LogP contribution in [0.2, 0.25) is 0 Å². The maximum Gasteiger partial charge on any atom is 0.248 e. The van der Waals surface area contributed by atoms with Gasteiger partial charge in [0.15, 0.2) is 0 Å². The first-order valence-corrected chi connectivity index (χ1v) is 20.2. The van der Waals surface area contributed by atoms with Crippen molar-refractivity contribution in [2.75, 3.05) is 26.2 Å². The number of aliphatic hydroxyl groups is 2. The van der Waals surface area contributed by atoms with Crippen LogP contribution in [0.1, 0.15) is 78.7 Å². The number of hydrogen-bond acceptors (Lipinski definition) is 10. The van der Waals surface area contributed by atoms with Crippen LogP contribution >= 0.6 is 0 Å². The summed E-state index contributed by atoms with van der Waals surface area (Å²) in [4.78, 5) is 113. The minimum absolute atomic E-state index is 0.0320. The summed E-state index contributed by atoms with van der Waals surface area (Å²) >= 11 is 0. The summed E-state index contributed by atoms with van der Waals surface area (Å²) < 4.78 is 0. The molecule has 8 amide bonds. The second-order valence-electron chi connectivity index (χ2n) is 16.3. The van der Waals surface area contributed by atoms with Gasteiger partial charge in [-0.2, -0.15) is 0 Å². The molecule has 0 spiro atoms. The summed E-state index contributed by atoms with van der Waals surface area (Å²) in [6.45, 7) is 7.50. The van der Waals surface area contributed by atoms with Gasteiger partial charge in [-0.3, -0.25) is 38.4 Å². The third-order valence-corrected chi connectivity index (χ3v) is 10.6. The fourth-order valence-electron chi connectivity index (χ4n) is 7.64. The average Bonchev–Trinajstić information content (AvgIpc) is 3.87. The van der Waals surface area contributed by atoms with Crippen LogP contribution in [0.3, 0.4) is 0 Å². The Labute approximate surface area is 339 Å². The number of amides is 8. The smallest absolute Gasteiger partial charge is 0.248 e. The van der Waals surface area contributed by atoms with E-state index in [4.69, 9.17) is 0 Å². The monoisotopic (exact) mass is 812 g/mol. The van der Waals surface area contributed by atoms with Crippen molar-refractivity contribution in [3.05, 3.63) is 35.9 Å². The van der Waals surface area contributed by atoms with E-state index in [2.05, 4.69) is 31.9 Å². The average molecular weight is 813 g/mol. The Bertz CT molecular complexity index is 1660. The van der Waals surface area contributed by atoms with Gasteiger partial charge in [0.05, 0.1) is 19.3 Å². The first kappa shape index (κ1) is 45.6. The van der Waals surface area contributed by atoms with Crippen molar-refractivity contribution in [2.45, 2.75) is 128 Å². The summed E-state index contributed by atoms with van der Waals surface area (Å²) in [5.74, 6) is -5.94. The van der Waals surface area contributed by atoms with Crippen molar-refractivity contribution in [3.8, 4) is 0 Å². The third-order valence-electron chi connectivity index (χ3n) is 10.6. The molecule has 320 valence electrons. The van der Waals surface area contributed by atoms with Crippen LogP contribution in [0.5, 0.6) is 0 Å². The fourth-order valence-corrected chi connectivity index (χ4v) is 7.64. The summed E-state index contributed by atoms with van der Waals surface area (Å²) in [6, 6.07) is 0.295. The highest BCUT2D eigenvalue weighted by molar-refractivity contribution is 5.99. The molecule has 3 aliphatic rings. The molecular weight excluding hydrogens is 752 g/mol. The first-order valence-electron chi connectivity index (χ1n) is 20.2. The minimum atomic E-state index is -1.53. The molecular formula is C40H60N8O10. The lowest BCUT2D eigenvalue weighted by Gasteiger charge is -2.32. The largest absolute Gasteiger partial charge is 0.394 e. The molecule has 58 heavy (non-hydrogen) atoms. The van der Waals surface area contributed by atoms with E-state index in [1.54, 1.807) is 30.3 Å². The van der Waals surface area contributed by atoms with Crippen molar-refractivity contribution >= 4 is 47.3 Å². The number of nitrogens with zero attached hydrogens (tertiary/aromatic N) is 2. The molecule has 3 aliphatic heterocycles. The number of fused-ring (bicyclic) bond motifs is 2. The number of carbonyl (C=O) groups excluding carboxylic acids is 8. The van der Waals surface area contributed by atoms with Crippen LogP contribution in [0.25, 0.3) is 0 Å². The summed E-state index contributed by atoms with van der Waals surface area (Å²) in [6.07, 6.45) is 0.265. The lowest BCUT2D eigenvalue weighted by Crippen LogP contribution is -2.61. The van der Waals surface area contributed by atoms with E-state index in [0.29, 0.717) is 18.4 Å². The molecule has 8 N–H and O–H groups in total. The molecule has 0 aromatic heterocycles. The Hall–Kier alpha value is -5.10. The molecule has 4 rings (SSSR count). The van der Waals surface area contributed by atoms with Crippen LogP contribution in [-0.2, 0) is 44.8 Å². The highest BCUT2D eigenvalue weighted by Gasteiger charge is 2.43. The quantitative estimate of drug-likeness (QED) is 0.147. The van der Waals surface area contributed by atoms with Crippen molar-refractivity contribution in [1.29, 1.82) is 0 Å². The normalized spacial score (nSPS) is 28.1. The van der Waals surface area contributed by atoms with E-state index in [0.717, 1.165) is 0 Å². The zero-order valence-electron chi connectivity index (χ0n) is 34.0. The number of aliphatic hydroxyl groups excluding tert-OH is 2. The molecule has 0 saturated carbocycles. The Morgan fingerprint density at radius 2 is 1.12 bits per heavy atom.